The van der Waals surface area contributed by atoms with Gasteiger partial charge in [0, 0.05) is 43.2 Å². The Bertz CT molecular complexity index is 812. The molecule has 0 unspecified atom stereocenters. The Morgan fingerprint density at radius 1 is 0.920 bits per heavy atom. The molecule has 132 valence electrons. The maximum absolute atomic E-state index is 12.5. The Labute approximate surface area is 154 Å². The number of hydrogen-bond donors (Lipinski definition) is 0. The van der Waals surface area contributed by atoms with E-state index in [4.69, 9.17) is 11.6 Å². The lowest BCUT2D eigenvalue weighted by atomic mass is 10.2. The number of halogens is 1. The average Bonchev–Trinajstić information content (AvgIpc) is 2.63. The monoisotopic (exact) mass is 376 g/mol. The van der Waals surface area contributed by atoms with E-state index in [9.17, 15) is 8.42 Å². The molecule has 1 saturated heterocycles. The predicted molar refractivity (Wildman–Crippen MR) is 103 cm³/mol. The predicted octanol–water partition coefficient (Wildman–Crippen LogP) is 3.46. The number of hydrogen-bond acceptors (Lipinski definition) is 3. The van der Waals surface area contributed by atoms with Gasteiger partial charge in [-0.2, -0.15) is 4.31 Å². The van der Waals surface area contributed by atoms with Gasteiger partial charge in [0.1, 0.15) is 0 Å². The highest BCUT2D eigenvalue weighted by Gasteiger charge is 2.24. The van der Waals surface area contributed by atoms with Crippen molar-refractivity contribution in [3.63, 3.8) is 0 Å². The maximum Gasteiger partial charge on any atom is 0.236 e. The quantitative estimate of drug-likeness (QED) is 0.802. The van der Waals surface area contributed by atoms with Crippen LogP contribution in [0.15, 0.2) is 60.0 Å². The summed E-state index contributed by atoms with van der Waals surface area (Å²) in [6.45, 7) is 3.27. The summed E-state index contributed by atoms with van der Waals surface area (Å²) in [7, 11) is -3.37. The number of benzene rings is 2. The summed E-state index contributed by atoms with van der Waals surface area (Å²) in [5, 5.41) is 2.03. The average molecular weight is 377 g/mol. The van der Waals surface area contributed by atoms with Gasteiger partial charge in [-0.15, -0.1) is 0 Å². The van der Waals surface area contributed by atoms with Crippen LogP contribution < -0.4 is 0 Å². The molecule has 25 heavy (non-hydrogen) atoms. The zero-order chi connectivity index (χ0) is 17.7. The van der Waals surface area contributed by atoms with Crippen molar-refractivity contribution >= 4 is 27.7 Å². The molecule has 1 aliphatic heterocycles. The van der Waals surface area contributed by atoms with Gasteiger partial charge >= 0.3 is 0 Å². The molecule has 4 nitrogen and oxygen atoms in total. The molecule has 0 aliphatic carbocycles. The molecule has 0 N–H and O–H groups in total. The van der Waals surface area contributed by atoms with Crippen LogP contribution in [-0.2, 0) is 16.6 Å². The third-order valence-corrected chi connectivity index (χ3v) is 6.06. The molecule has 6 heteroatoms. The van der Waals surface area contributed by atoms with Gasteiger partial charge in [-0.3, -0.25) is 4.90 Å². The second kappa shape index (κ2) is 8.15. The smallest absolute Gasteiger partial charge is 0.236 e. The second-order valence-corrected chi connectivity index (χ2v) is 8.31. The first-order valence-electron chi connectivity index (χ1n) is 8.23. The molecule has 0 radical (unpaired) electrons. The van der Waals surface area contributed by atoms with E-state index < -0.39 is 10.0 Å². The summed E-state index contributed by atoms with van der Waals surface area (Å²) in [4.78, 5) is 2.26. The van der Waals surface area contributed by atoms with Gasteiger partial charge in [0.05, 0.1) is 0 Å². The molecule has 0 saturated carbocycles. The minimum absolute atomic E-state index is 0.509. The van der Waals surface area contributed by atoms with E-state index >= 15 is 0 Å². The summed E-state index contributed by atoms with van der Waals surface area (Å²) < 4.78 is 26.5. The number of nitrogens with zero attached hydrogens (tertiary/aromatic N) is 2. The normalized spacial score (nSPS) is 17.2. The minimum atomic E-state index is -3.37. The molecular weight excluding hydrogens is 356 g/mol. The molecule has 0 bridgehead atoms. The van der Waals surface area contributed by atoms with Gasteiger partial charge in [0.15, 0.2) is 0 Å². The Hall–Kier alpha value is -1.66. The van der Waals surface area contributed by atoms with Gasteiger partial charge in [-0.1, -0.05) is 54.1 Å². The van der Waals surface area contributed by atoms with E-state index in [1.807, 2.05) is 54.6 Å². The van der Waals surface area contributed by atoms with Crippen LogP contribution in [0.5, 0.6) is 0 Å². The lowest BCUT2D eigenvalue weighted by molar-refractivity contribution is 0.182. The first kappa shape index (κ1) is 18.1. The maximum atomic E-state index is 12.5. The van der Waals surface area contributed by atoms with E-state index in [1.54, 1.807) is 10.4 Å². The zero-order valence-corrected chi connectivity index (χ0v) is 15.5. The number of piperazine rings is 1. The van der Waals surface area contributed by atoms with Crippen LogP contribution >= 0.6 is 11.6 Å². The van der Waals surface area contributed by atoms with Crippen LogP contribution in [-0.4, -0.2) is 43.8 Å². The van der Waals surface area contributed by atoms with Crippen LogP contribution in [0.1, 0.15) is 11.1 Å². The topological polar surface area (TPSA) is 40.6 Å². The SMILES string of the molecule is O=S(=O)(/C=C/c1ccccc1)N1CCN(Cc2ccc(Cl)cc2)CC1. The van der Waals surface area contributed by atoms with Crippen molar-refractivity contribution in [2.24, 2.45) is 0 Å². The van der Waals surface area contributed by atoms with Gasteiger partial charge in [-0.25, -0.2) is 8.42 Å². The summed E-state index contributed by atoms with van der Waals surface area (Å²) >= 11 is 5.90. The summed E-state index contributed by atoms with van der Waals surface area (Å²) in [5.41, 5.74) is 2.07. The first-order valence-corrected chi connectivity index (χ1v) is 10.1. The summed E-state index contributed by atoms with van der Waals surface area (Å²) in [6.07, 6.45) is 1.65. The van der Waals surface area contributed by atoms with E-state index in [0.29, 0.717) is 13.1 Å². The number of rotatable bonds is 5. The second-order valence-electron chi connectivity index (χ2n) is 6.06. The highest BCUT2D eigenvalue weighted by Crippen LogP contribution is 2.15. The molecule has 0 spiro atoms. The zero-order valence-electron chi connectivity index (χ0n) is 13.9. The van der Waals surface area contributed by atoms with Crippen LogP contribution in [0.25, 0.3) is 6.08 Å². The Morgan fingerprint density at radius 3 is 2.20 bits per heavy atom. The van der Waals surface area contributed by atoms with Gasteiger partial charge < -0.3 is 0 Å². The van der Waals surface area contributed by atoms with Crippen LogP contribution in [0, 0.1) is 0 Å². The van der Waals surface area contributed by atoms with Gasteiger partial charge in [0.2, 0.25) is 10.0 Å². The van der Waals surface area contributed by atoms with E-state index in [0.717, 1.165) is 30.2 Å². The van der Waals surface area contributed by atoms with Crippen molar-refractivity contribution in [3.8, 4) is 0 Å². The molecule has 3 rings (SSSR count). The van der Waals surface area contributed by atoms with Crippen molar-refractivity contribution in [2.45, 2.75) is 6.54 Å². The Morgan fingerprint density at radius 2 is 1.56 bits per heavy atom. The molecule has 2 aromatic carbocycles. The van der Waals surface area contributed by atoms with E-state index in [-0.39, 0.29) is 0 Å². The fraction of sp³-hybridized carbons (Fsp3) is 0.263. The number of sulfonamides is 1. The van der Waals surface area contributed by atoms with Gasteiger partial charge in [-0.05, 0) is 29.3 Å². The lowest BCUT2D eigenvalue weighted by Gasteiger charge is -2.33. The fourth-order valence-electron chi connectivity index (χ4n) is 2.80. The van der Waals surface area contributed by atoms with Crippen molar-refractivity contribution < 1.29 is 8.42 Å². The minimum Gasteiger partial charge on any atom is -0.296 e. The Balaban J connectivity index is 1.56. The molecule has 0 aromatic heterocycles. The van der Waals surface area contributed by atoms with Crippen LogP contribution in [0.4, 0.5) is 0 Å². The molecule has 0 amide bonds. The fourth-order valence-corrected chi connectivity index (χ4v) is 4.10. The van der Waals surface area contributed by atoms with Crippen molar-refractivity contribution in [1.29, 1.82) is 0 Å². The molecule has 1 fully saturated rings. The third kappa shape index (κ3) is 5.16. The molecule has 1 heterocycles. The molecule has 1 aliphatic rings. The van der Waals surface area contributed by atoms with Crippen molar-refractivity contribution in [1.82, 2.24) is 9.21 Å². The highest BCUT2D eigenvalue weighted by atomic mass is 35.5. The lowest BCUT2D eigenvalue weighted by Crippen LogP contribution is -2.47. The van der Waals surface area contributed by atoms with Crippen LogP contribution in [0.3, 0.4) is 0 Å². The Kier molecular flexibility index (Phi) is 5.91. The van der Waals surface area contributed by atoms with Gasteiger partial charge in [0.25, 0.3) is 0 Å². The van der Waals surface area contributed by atoms with E-state index in [2.05, 4.69) is 4.90 Å². The first-order chi connectivity index (χ1) is 12.0. The third-order valence-electron chi connectivity index (χ3n) is 4.24. The largest absolute Gasteiger partial charge is 0.296 e. The van der Waals surface area contributed by atoms with E-state index in [1.165, 1.54) is 11.0 Å². The highest BCUT2D eigenvalue weighted by molar-refractivity contribution is 7.92. The molecule has 2 aromatic rings. The summed E-state index contributed by atoms with van der Waals surface area (Å²) in [5.74, 6) is 0. The van der Waals surface area contributed by atoms with Crippen molar-refractivity contribution in [3.05, 3.63) is 76.2 Å². The van der Waals surface area contributed by atoms with Crippen molar-refractivity contribution in [2.75, 3.05) is 26.2 Å². The summed E-state index contributed by atoms with van der Waals surface area (Å²) in [6, 6.07) is 17.2. The molecule has 0 atom stereocenters. The standard InChI is InChI=1S/C19H21ClN2O2S/c20-19-8-6-18(7-9-19)16-21-11-13-22(14-12-21)25(23,24)15-10-17-4-2-1-3-5-17/h1-10,15H,11-14,16H2/b15-10+. The van der Waals surface area contributed by atoms with Crippen LogP contribution in [0.2, 0.25) is 5.02 Å². The molecular formula is C19H21ClN2O2S.